The molecule has 0 unspecified atom stereocenters. The third-order valence-electron chi connectivity index (χ3n) is 4.35. The van der Waals surface area contributed by atoms with Crippen LogP contribution in [0.15, 0.2) is 60.4 Å². The second-order valence-electron chi connectivity index (χ2n) is 6.23. The first-order valence-corrected chi connectivity index (χ1v) is 9.65. The predicted molar refractivity (Wildman–Crippen MR) is 112 cm³/mol. The average molecular weight is 450 g/mol. The number of carbonyl (C=O) groups excluding carboxylic acids is 1. The number of ether oxygens (including phenoxy) is 2. The van der Waals surface area contributed by atoms with E-state index in [0.717, 1.165) is 0 Å². The minimum Gasteiger partial charge on any atom is -0.489 e. The molecule has 0 radical (unpaired) electrons. The number of benzene rings is 3. The Hall–Kier alpha value is -2.53. The molecule has 3 nitrogen and oxygen atoms in total. The summed E-state index contributed by atoms with van der Waals surface area (Å²) in [6.07, 6.45) is 1.54. The largest absolute Gasteiger partial charge is 0.489 e. The molecule has 0 bridgehead atoms. The summed E-state index contributed by atoms with van der Waals surface area (Å²) in [7, 11) is 0. The summed E-state index contributed by atoms with van der Waals surface area (Å²) in [5.74, 6) is 0.154. The van der Waals surface area contributed by atoms with E-state index in [4.69, 9.17) is 44.3 Å². The van der Waals surface area contributed by atoms with Crippen LogP contribution in [0.2, 0.25) is 15.1 Å². The van der Waals surface area contributed by atoms with Crippen LogP contribution in [-0.2, 0) is 6.61 Å². The van der Waals surface area contributed by atoms with Gasteiger partial charge in [0.05, 0.1) is 20.6 Å². The number of ketones is 1. The second kappa shape index (κ2) is 8.07. The van der Waals surface area contributed by atoms with Gasteiger partial charge in [0.15, 0.2) is 5.76 Å². The van der Waals surface area contributed by atoms with Crippen LogP contribution in [0.4, 0.5) is 4.39 Å². The zero-order chi connectivity index (χ0) is 20.5. The van der Waals surface area contributed by atoms with Crippen molar-refractivity contribution >= 4 is 46.7 Å². The van der Waals surface area contributed by atoms with Crippen LogP contribution >= 0.6 is 34.8 Å². The van der Waals surface area contributed by atoms with Crippen molar-refractivity contribution < 1.29 is 18.7 Å². The van der Waals surface area contributed by atoms with Gasteiger partial charge in [-0.1, -0.05) is 53.0 Å². The molecule has 7 heteroatoms. The van der Waals surface area contributed by atoms with Gasteiger partial charge in [-0.25, -0.2) is 4.39 Å². The Morgan fingerprint density at radius 3 is 2.55 bits per heavy atom. The van der Waals surface area contributed by atoms with Gasteiger partial charge in [-0.2, -0.15) is 0 Å². The molecule has 3 aromatic carbocycles. The maximum absolute atomic E-state index is 13.9. The van der Waals surface area contributed by atoms with E-state index in [1.165, 1.54) is 18.2 Å². The van der Waals surface area contributed by atoms with Gasteiger partial charge in [-0.15, -0.1) is 0 Å². The van der Waals surface area contributed by atoms with Gasteiger partial charge < -0.3 is 9.47 Å². The maximum Gasteiger partial charge on any atom is 0.231 e. The highest BCUT2D eigenvalue weighted by molar-refractivity contribution is 6.43. The maximum atomic E-state index is 13.9. The Balaban J connectivity index is 1.56. The van der Waals surface area contributed by atoms with E-state index < -0.39 is 5.82 Å². The summed E-state index contributed by atoms with van der Waals surface area (Å²) in [6, 6.07) is 14.3. The van der Waals surface area contributed by atoms with Crippen molar-refractivity contribution in [2.45, 2.75) is 6.61 Å². The molecule has 146 valence electrons. The van der Waals surface area contributed by atoms with E-state index in [9.17, 15) is 9.18 Å². The molecule has 3 aromatic rings. The van der Waals surface area contributed by atoms with Crippen molar-refractivity contribution in [2.24, 2.45) is 0 Å². The van der Waals surface area contributed by atoms with Crippen molar-refractivity contribution in [3.05, 3.63) is 97.9 Å². The van der Waals surface area contributed by atoms with Gasteiger partial charge in [0.1, 0.15) is 23.9 Å². The Labute approximate surface area is 181 Å². The molecule has 0 spiro atoms. The topological polar surface area (TPSA) is 35.5 Å². The van der Waals surface area contributed by atoms with E-state index >= 15 is 0 Å². The molecule has 0 N–H and O–H groups in total. The fraction of sp³-hybridized carbons (Fsp3) is 0.0455. The molecule has 4 rings (SSSR count). The molecular formula is C22H12Cl3FO3. The van der Waals surface area contributed by atoms with E-state index in [1.54, 1.807) is 42.5 Å². The van der Waals surface area contributed by atoms with Gasteiger partial charge in [0.25, 0.3) is 0 Å². The van der Waals surface area contributed by atoms with Crippen molar-refractivity contribution in [1.29, 1.82) is 0 Å². The van der Waals surface area contributed by atoms with E-state index in [2.05, 4.69) is 0 Å². The second-order valence-corrected chi connectivity index (χ2v) is 7.42. The van der Waals surface area contributed by atoms with Crippen molar-refractivity contribution in [3.8, 4) is 11.5 Å². The van der Waals surface area contributed by atoms with E-state index in [-0.39, 0.29) is 28.7 Å². The third kappa shape index (κ3) is 3.97. The van der Waals surface area contributed by atoms with Crippen LogP contribution in [-0.4, -0.2) is 5.78 Å². The molecule has 1 aliphatic heterocycles. The smallest absolute Gasteiger partial charge is 0.231 e. The molecule has 0 saturated carbocycles. The van der Waals surface area contributed by atoms with Gasteiger partial charge in [0.2, 0.25) is 5.78 Å². The number of hydrogen-bond donors (Lipinski definition) is 0. The number of allylic oxidation sites excluding steroid dienone is 1. The van der Waals surface area contributed by atoms with Crippen LogP contribution < -0.4 is 9.47 Å². The Morgan fingerprint density at radius 1 is 1.00 bits per heavy atom. The molecule has 1 aliphatic rings. The minimum absolute atomic E-state index is 0.0565. The third-order valence-corrected chi connectivity index (χ3v) is 5.54. The Morgan fingerprint density at radius 2 is 1.76 bits per heavy atom. The summed E-state index contributed by atoms with van der Waals surface area (Å²) in [5.41, 5.74) is 1.22. The van der Waals surface area contributed by atoms with Crippen LogP contribution in [0, 0.1) is 5.82 Å². The normalized spacial score (nSPS) is 14.1. The van der Waals surface area contributed by atoms with Crippen LogP contribution in [0.5, 0.6) is 11.5 Å². The average Bonchev–Trinajstić information content (AvgIpc) is 3.00. The summed E-state index contributed by atoms with van der Waals surface area (Å²) in [4.78, 5) is 12.6. The monoisotopic (exact) mass is 448 g/mol. The number of fused-ring (bicyclic) bond motifs is 1. The highest BCUT2D eigenvalue weighted by Crippen LogP contribution is 2.36. The molecule has 0 aromatic heterocycles. The molecule has 0 fully saturated rings. The molecule has 0 amide bonds. The number of hydrogen-bond acceptors (Lipinski definition) is 3. The quantitative estimate of drug-likeness (QED) is 0.403. The summed E-state index contributed by atoms with van der Waals surface area (Å²) in [5, 5.41) is 0.993. The minimum atomic E-state index is -0.450. The van der Waals surface area contributed by atoms with Crippen molar-refractivity contribution in [3.63, 3.8) is 0 Å². The predicted octanol–water partition coefficient (Wildman–Crippen LogP) is 6.98. The number of carbonyl (C=O) groups is 1. The first-order chi connectivity index (χ1) is 13.9. The molecule has 1 heterocycles. The van der Waals surface area contributed by atoms with Gasteiger partial charge in [-0.3, -0.25) is 4.79 Å². The zero-order valence-corrected chi connectivity index (χ0v) is 17.0. The molecule has 0 atom stereocenters. The first kappa shape index (κ1) is 19.8. The highest BCUT2D eigenvalue weighted by Gasteiger charge is 2.28. The fourth-order valence-corrected chi connectivity index (χ4v) is 3.44. The zero-order valence-electron chi connectivity index (χ0n) is 14.7. The Bertz CT molecular complexity index is 1140. The van der Waals surface area contributed by atoms with Crippen LogP contribution in [0.1, 0.15) is 21.5 Å². The lowest BCUT2D eigenvalue weighted by molar-refractivity contribution is 0.101. The van der Waals surface area contributed by atoms with E-state index in [0.29, 0.717) is 32.7 Å². The van der Waals surface area contributed by atoms with Crippen LogP contribution in [0.25, 0.3) is 6.08 Å². The SMILES string of the molecule is O=C1/C(=C/c2cccc(Cl)c2Cl)Oc2cc(OCc3c(F)cccc3Cl)ccc21. The lowest BCUT2D eigenvalue weighted by Crippen LogP contribution is -1.99. The van der Waals surface area contributed by atoms with Gasteiger partial charge in [-0.05, 0) is 42.0 Å². The van der Waals surface area contributed by atoms with Gasteiger partial charge in [0, 0.05) is 11.6 Å². The van der Waals surface area contributed by atoms with E-state index in [1.807, 2.05) is 0 Å². The number of rotatable bonds is 4. The fourth-order valence-electron chi connectivity index (χ4n) is 2.86. The van der Waals surface area contributed by atoms with Crippen molar-refractivity contribution in [2.75, 3.05) is 0 Å². The van der Waals surface area contributed by atoms with Crippen LogP contribution in [0.3, 0.4) is 0 Å². The molecular weight excluding hydrogens is 438 g/mol. The molecule has 0 aliphatic carbocycles. The summed E-state index contributed by atoms with van der Waals surface area (Å²) < 4.78 is 25.2. The first-order valence-electron chi connectivity index (χ1n) is 8.52. The van der Waals surface area contributed by atoms with Crippen molar-refractivity contribution in [1.82, 2.24) is 0 Å². The summed E-state index contributed by atoms with van der Waals surface area (Å²) >= 11 is 18.2. The Kier molecular flexibility index (Phi) is 5.50. The van der Waals surface area contributed by atoms with Gasteiger partial charge >= 0.3 is 0 Å². The highest BCUT2D eigenvalue weighted by atomic mass is 35.5. The number of Topliss-reactive ketones (excluding diaryl/α,β-unsaturated/α-hetero) is 1. The molecule has 0 saturated heterocycles. The number of halogens is 4. The molecule has 29 heavy (non-hydrogen) atoms. The lowest BCUT2D eigenvalue weighted by atomic mass is 10.1. The standard InChI is InChI=1S/C22H12Cl3FO3/c23-16-4-2-6-18(26)15(16)11-28-13-7-8-14-19(10-13)29-20(22(14)27)9-12-3-1-5-17(24)21(12)25/h1-10H,11H2/b20-9-. The lowest BCUT2D eigenvalue weighted by Gasteiger charge is -2.09. The summed E-state index contributed by atoms with van der Waals surface area (Å²) in [6.45, 7) is -0.0565.